The monoisotopic (exact) mass is 458 g/mol. The van der Waals surface area contributed by atoms with Crippen LogP contribution in [0.15, 0.2) is 90.1 Å². The molecule has 5 rings (SSSR count). The number of halogens is 1. The van der Waals surface area contributed by atoms with Gasteiger partial charge in [-0.05, 0) is 48.2 Å². The molecule has 1 aromatic heterocycles. The highest BCUT2D eigenvalue weighted by Gasteiger charge is 2.31. The minimum Gasteiger partial charge on any atom is -0.352 e. The van der Waals surface area contributed by atoms with Gasteiger partial charge in [-0.3, -0.25) is 9.36 Å². The minimum atomic E-state index is -0.472. The molecule has 1 atom stereocenters. The van der Waals surface area contributed by atoms with Crippen LogP contribution in [0.5, 0.6) is 0 Å². The van der Waals surface area contributed by atoms with Crippen molar-refractivity contribution in [2.75, 3.05) is 0 Å². The first-order valence-electron chi connectivity index (χ1n) is 10.9. The van der Waals surface area contributed by atoms with Crippen LogP contribution in [0.1, 0.15) is 35.0 Å². The maximum atomic E-state index is 13.6. The molecule has 0 saturated heterocycles. The van der Waals surface area contributed by atoms with E-state index in [0.717, 1.165) is 35.5 Å². The van der Waals surface area contributed by atoms with Crippen LogP contribution < -0.4 is 5.32 Å². The van der Waals surface area contributed by atoms with Gasteiger partial charge in [0.05, 0.1) is 0 Å². The number of benzene rings is 3. The van der Waals surface area contributed by atoms with E-state index in [4.69, 9.17) is 0 Å². The normalized spacial score (nSPS) is 14.1. The van der Waals surface area contributed by atoms with Crippen LogP contribution in [-0.4, -0.2) is 26.7 Å². The average Bonchev–Trinajstić information content (AvgIpc) is 3.58. The van der Waals surface area contributed by atoms with E-state index in [1.54, 1.807) is 12.1 Å². The maximum absolute atomic E-state index is 13.6. The predicted octanol–water partition coefficient (Wildman–Crippen LogP) is 5.11. The van der Waals surface area contributed by atoms with Crippen molar-refractivity contribution in [1.29, 1.82) is 0 Å². The summed E-state index contributed by atoms with van der Waals surface area (Å²) in [5.41, 5.74) is 2.75. The second kappa shape index (κ2) is 9.58. The summed E-state index contributed by atoms with van der Waals surface area (Å²) >= 11 is 1.36. The maximum Gasteiger partial charge on any atom is 0.238 e. The Bertz CT molecular complexity index is 1220. The molecule has 33 heavy (non-hydrogen) atoms. The van der Waals surface area contributed by atoms with E-state index in [2.05, 4.69) is 15.5 Å². The molecule has 1 amide bonds. The molecule has 5 nitrogen and oxygen atoms in total. The van der Waals surface area contributed by atoms with Gasteiger partial charge >= 0.3 is 0 Å². The highest BCUT2D eigenvalue weighted by atomic mass is 32.2. The van der Waals surface area contributed by atoms with Crippen molar-refractivity contribution < 1.29 is 9.18 Å². The number of aromatic nitrogens is 3. The molecule has 166 valence electrons. The molecule has 0 radical (unpaired) electrons. The first kappa shape index (κ1) is 21.4. The lowest BCUT2D eigenvalue weighted by molar-refractivity contribution is -0.120. The van der Waals surface area contributed by atoms with Crippen molar-refractivity contribution in [1.82, 2.24) is 20.1 Å². The number of hydrogen-bond donors (Lipinski definition) is 1. The summed E-state index contributed by atoms with van der Waals surface area (Å²) in [4.78, 5) is 13.1. The molecule has 0 aliphatic heterocycles. The van der Waals surface area contributed by atoms with E-state index >= 15 is 0 Å². The van der Waals surface area contributed by atoms with Gasteiger partial charge in [0.25, 0.3) is 0 Å². The lowest BCUT2D eigenvalue weighted by atomic mass is 10.1. The highest BCUT2D eigenvalue weighted by Crippen LogP contribution is 2.37. The van der Waals surface area contributed by atoms with Crippen molar-refractivity contribution in [3.63, 3.8) is 0 Å². The summed E-state index contributed by atoms with van der Waals surface area (Å²) in [5.74, 6) is 0.383. The molecular weight excluding hydrogens is 435 g/mol. The van der Waals surface area contributed by atoms with E-state index in [0.29, 0.717) is 11.6 Å². The molecule has 0 bridgehead atoms. The summed E-state index contributed by atoms with van der Waals surface area (Å²) in [6.07, 6.45) is 2.60. The van der Waals surface area contributed by atoms with Crippen molar-refractivity contribution in [2.24, 2.45) is 0 Å². The fraction of sp³-hybridized carbons (Fsp3) is 0.192. The Hall–Kier alpha value is -3.45. The van der Waals surface area contributed by atoms with Crippen LogP contribution in [0, 0.1) is 5.82 Å². The summed E-state index contributed by atoms with van der Waals surface area (Å²) in [6, 6.07) is 26.2. The molecule has 1 N–H and O–H groups in total. The molecule has 1 saturated carbocycles. The van der Waals surface area contributed by atoms with Gasteiger partial charge in [0.2, 0.25) is 5.91 Å². The molecule has 4 aromatic rings. The first-order chi connectivity index (χ1) is 16.2. The van der Waals surface area contributed by atoms with Crippen LogP contribution in [0.25, 0.3) is 5.69 Å². The Kier molecular flexibility index (Phi) is 6.21. The molecule has 1 aliphatic rings. The molecule has 0 spiro atoms. The zero-order chi connectivity index (χ0) is 22.6. The fourth-order valence-corrected chi connectivity index (χ4v) is 4.71. The quantitative estimate of drug-likeness (QED) is 0.373. The van der Waals surface area contributed by atoms with Gasteiger partial charge < -0.3 is 5.32 Å². The van der Waals surface area contributed by atoms with Crippen LogP contribution >= 0.6 is 11.8 Å². The number of carbonyl (C=O) groups is 1. The Morgan fingerprint density at radius 1 is 0.970 bits per heavy atom. The number of nitrogens with zero attached hydrogens (tertiary/aromatic N) is 3. The Labute approximate surface area is 196 Å². The van der Waals surface area contributed by atoms with Crippen LogP contribution in [0.4, 0.5) is 4.39 Å². The Balaban J connectivity index is 1.52. The minimum absolute atomic E-state index is 0.0352. The predicted molar refractivity (Wildman–Crippen MR) is 127 cm³/mol. The molecule has 1 heterocycles. The summed E-state index contributed by atoms with van der Waals surface area (Å²) in [7, 11) is 0. The molecule has 7 heteroatoms. The van der Waals surface area contributed by atoms with Crippen molar-refractivity contribution in [3.8, 4) is 5.69 Å². The number of hydrogen-bond acceptors (Lipinski definition) is 4. The standard InChI is InChI=1S/C26H23FN4OS/c27-20-11-15-22(16-12-20)31-23(17-18-7-3-1-4-8-18)29-30-26(31)33-24(19-9-5-2-6-10-19)25(32)28-21-13-14-21/h1-12,15-16,21,24H,13-14,17H2,(H,28,32)/t24-/m1/s1. The number of carbonyl (C=O) groups excluding carboxylic acids is 1. The van der Waals surface area contributed by atoms with Crippen LogP contribution in [0.2, 0.25) is 0 Å². The van der Waals surface area contributed by atoms with Gasteiger partial charge in [0.15, 0.2) is 5.16 Å². The topological polar surface area (TPSA) is 59.8 Å². The molecule has 1 aliphatic carbocycles. The summed E-state index contributed by atoms with van der Waals surface area (Å²) in [5, 5.41) is 12.1. The molecule has 3 aromatic carbocycles. The highest BCUT2D eigenvalue weighted by molar-refractivity contribution is 8.00. The lowest BCUT2D eigenvalue weighted by Gasteiger charge is -2.17. The van der Waals surface area contributed by atoms with E-state index < -0.39 is 5.25 Å². The smallest absolute Gasteiger partial charge is 0.238 e. The average molecular weight is 459 g/mol. The third-order valence-corrected chi connectivity index (χ3v) is 6.67. The number of nitrogens with one attached hydrogen (secondary N) is 1. The second-order valence-electron chi connectivity index (χ2n) is 8.06. The summed E-state index contributed by atoms with van der Waals surface area (Å²) < 4.78 is 15.6. The third kappa shape index (κ3) is 5.14. The fourth-order valence-electron chi connectivity index (χ4n) is 3.63. The molecule has 0 unspecified atom stereocenters. The van der Waals surface area contributed by atoms with Crippen molar-refractivity contribution in [2.45, 2.75) is 35.7 Å². The zero-order valence-corrected chi connectivity index (χ0v) is 18.7. The third-order valence-electron chi connectivity index (χ3n) is 5.48. The van der Waals surface area contributed by atoms with Gasteiger partial charge in [-0.15, -0.1) is 10.2 Å². The Morgan fingerprint density at radius 3 is 2.30 bits per heavy atom. The van der Waals surface area contributed by atoms with E-state index in [9.17, 15) is 9.18 Å². The largest absolute Gasteiger partial charge is 0.352 e. The SMILES string of the molecule is O=C(NC1CC1)[C@H](Sc1nnc(Cc2ccccc2)n1-c1ccc(F)cc1)c1ccccc1. The van der Waals surface area contributed by atoms with E-state index in [-0.39, 0.29) is 17.8 Å². The lowest BCUT2D eigenvalue weighted by Crippen LogP contribution is -2.30. The number of rotatable bonds is 8. The van der Waals surface area contributed by atoms with Crippen molar-refractivity contribution in [3.05, 3.63) is 108 Å². The number of amides is 1. The second-order valence-corrected chi connectivity index (χ2v) is 9.14. The van der Waals surface area contributed by atoms with Gasteiger partial charge in [0.1, 0.15) is 16.9 Å². The van der Waals surface area contributed by atoms with Gasteiger partial charge in [-0.2, -0.15) is 0 Å². The zero-order valence-electron chi connectivity index (χ0n) is 17.9. The molecular formula is C26H23FN4OS. The van der Waals surface area contributed by atoms with Gasteiger partial charge in [0, 0.05) is 18.2 Å². The summed E-state index contributed by atoms with van der Waals surface area (Å²) in [6.45, 7) is 0. The van der Waals surface area contributed by atoms with Gasteiger partial charge in [-0.25, -0.2) is 4.39 Å². The van der Waals surface area contributed by atoms with E-state index in [1.165, 1.54) is 23.9 Å². The van der Waals surface area contributed by atoms with Crippen LogP contribution in [-0.2, 0) is 11.2 Å². The first-order valence-corrected chi connectivity index (χ1v) is 11.8. The number of thioether (sulfide) groups is 1. The van der Waals surface area contributed by atoms with Gasteiger partial charge in [-0.1, -0.05) is 72.4 Å². The molecule has 1 fully saturated rings. The van der Waals surface area contributed by atoms with E-state index in [1.807, 2.05) is 65.2 Å². The van der Waals surface area contributed by atoms with Crippen molar-refractivity contribution >= 4 is 17.7 Å². The Morgan fingerprint density at radius 2 is 1.64 bits per heavy atom. The van der Waals surface area contributed by atoms with Crippen LogP contribution in [0.3, 0.4) is 0 Å².